The summed E-state index contributed by atoms with van der Waals surface area (Å²) in [4.78, 5) is 19.5. The predicted octanol–water partition coefficient (Wildman–Crippen LogP) is 4.04. The summed E-state index contributed by atoms with van der Waals surface area (Å²) in [6.45, 7) is 2.67. The van der Waals surface area contributed by atoms with Crippen LogP contribution in [0.3, 0.4) is 0 Å². The minimum absolute atomic E-state index is 0.0939. The number of carbonyl (C=O) groups is 1. The molecule has 2 aromatic carbocycles. The highest BCUT2D eigenvalue weighted by Crippen LogP contribution is 2.35. The molecule has 0 spiro atoms. The van der Waals surface area contributed by atoms with Gasteiger partial charge in [0.05, 0.1) is 14.2 Å². The van der Waals surface area contributed by atoms with Gasteiger partial charge in [-0.05, 0) is 38.0 Å². The summed E-state index contributed by atoms with van der Waals surface area (Å²) in [7, 11) is 3.12. The Bertz CT molecular complexity index is 1010. The minimum atomic E-state index is -0.234. The molecule has 0 aliphatic carbocycles. The van der Waals surface area contributed by atoms with Gasteiger partial charge in [-0.3, -0.25) is 4.79 Å². The number of methoxy groups -OCH3 is 2. The third-order valence-electron chi connectivity index (χ3n) is 5.18. The summed E-state index contributed by atoms with van der Waals surface area (Å²) in [6, 6.07) is 12.9. The Kier molecular flexibility index (Phi) is 5.20. The number of rotatable bonds is 5. The van der Waals surface area contributed by atoms with E-state index in [0.717, 1.165) is 18.4 Å². The van der Waals surface area contributed by atoms with Crippen molar-refractivity contribution >= 4 is 5.91 Å². The molecule has 1 atom stereocenters. The number of nitrogens with zero attached hydrogens (tertiary/aromatic N) is 3. The SMILES string of the molecule is COc1ccc(C(=O)N2CCCC2c2nc(-c3ccc(C)cc3)no2)cc1OC. The lowest BCUT2D eigenvalue weighted by Gasteiger charge is -2.22. The zero-order chi connectivity index (χ0) is 20.4. The van der Waals surface area contributed by atoms with Crippen LogP contribution >= 0.6 is 0 Å². The van der Waals surface area contributed by atoms with Crippen LogP contribution in [-0.4, -0.2) is 41.7 Å². The molecule has 4 rings (SSSR count). The Morgan fingerprint density at radius 1 is 1.10 bits per heavy atom. The molecule has 2 heterocycles. The molecule has 0 bridgehead atoms. The molecule has 1 amide bonds. The predicted molar refractivity (Wildman–Crippen MR) is 107 cm³/mol. The Morgan fingerprint density at radius 2 is 1.86 bits per heavy atom. The molecule has 7 nitrogen and oxygen atoms in total. The Morgan fingerprint density at radius 3 is 2.59 bits per heavy atom. The maximum Gasteiger partial charge on any atom is 0.254 e. The van der Waals surface area contributed by atoms with Gasteiger partial charge in [-0.2, -0.15) is 4.98 Å². The third-order valence-corrected chi connectivity index (χ3v) is 5.18. The van der Waals surface area contributed by atoms with Crippen molar-refractivity contribution in [2.24, 2.45) is 0 Å². The minimum Gasteiger partial charge on any atom is -0.493 e. The molecular weight excluding hydrogens is 370 g/mol. The first-order valence-electron chi connectivity index (χ1n) is 9.54. The lowest BCUT2D eigenvalue weighted by atomic mass is 10.1. The average molecular weight is 393 g/mol. The Labute approximate surface area is 169 Å². The summed E-state index contributed by atoms with van der Waals surface area (Å²) >= 11 is 0. The molecule has 150 valence electrons. The quantitative estimate of drug-likeness (QED) is 0.651. The van der Waals surface area contributed by atoms with Crippen LogP contribution in [0.5, 0.6) is 11.5 Å². The third kappa shape index (κ3) is 3.68. The van der Waals surface area contributed by atoms with Crippen molar-refractivity contribution in [1.29, 1.82) is 0 Å². The van der Waals surface area contributed by atoms with Crippen LogP contribution < -0.4 is 9.47 Å². The first kappa shape index (κ1) is 19.0. The molecule has 0 radical (unpaired) electrons. The molecule has 7 heteroatoms. The Balaban J connectivity index is 1.58. The molecule has 0 N–H and O–H groups in total. The van der Waals surface area contributed by atoms with Gasteiger partial charge in [-0.15, -0.1) is 0 Å². The number of hydrogen-bond donors (Lipinski definition) is 0. The number of carbonyl (C=O) groups excluding carboxylic acids is 1. The number of amides is 1. The van der Waals surface area contributed by atoms with E-state index < -0.39 is 0 Å². The first-order chi connectivity index (χ1) is 14.1. The van der Waals surface area contributed by atoms with Gasteiger partial charge in [0.2, 0.25) is 11.7 Å². The molecule has 1 aromatic heterocycles. The van der Waals surface area contributed by atoms with Crippen molar-refractivity contribution in [2.45, 2.75) is 25.8 Å². The number of ether oxygens (including phenoxy) is 2. The van der Waals surface area contributed by atoms with Crippen LogP contribution in [0, 0.1) is 6.92 Å². The zero-order valence-electron chi connectivity index (χ0n) is 16.7. The maximum atomic E-state index is 13.2. The molecule has 1 unspecified atom stereocenters. The number of aromatic nitrogens is 2. The monoisotopic (exact) mass is 393 g/mol. The van der Waals surface area contributed by atoms with Crippen molar-refractivity contribution in [1.82, 2.24) is 15.0 Å². The second-order valence-electron chi connectivity index (χ2n) is 7.05. The van der Waals surface area contributed by atoms with Crippen LogP contribution in [0.2, 0.25) is 0 Å². The topological polar surface area (TPSA) is 77.7 Å². The van der Waals surface area contributed by atoms with E-state index >= 15 is 0 Å². The molecule has 3 aromatic rings. The molecule has 1 aliphatic rings. The maximum absolute atomic E-state index is 13.2. The Hall–Kier alpha value is -3.35. The van der Waals surface area contributed by atoms with Crippen molar-refractivity contribution < 1.29 is 18.8 Å². The normalized spacial score (nSPS) is 16.1. The average Bonchev–Trinajstić information content (AvgIpc) is 3.42. The lowest BCUT2D eigenvalue weighted by molar-refractivity contribution is 0.0709. The van der Waals surface area contributed by atoms with E-state index in [1.807, 2.05) is 31.2 Å². The fourth-order valence-corrected chi connectivity index (χ4v) is 3.59. The van der Waals surface area contributed by atoms with Crippen LogP contribution in [-0.2, 0) is 0 Å². The first-order valence-corrected chi connectivity index (χ1v) is 9.54. The van der Waals surface area contributed by atoms with Crippen LogP contribution in [0.4, 0.5) is 0 Å². The van der Waals surface area contributed by atoms with Gasteiger partial charge in [0.25, 0.3) is 5.91 Å². The van der Waals surface area contributed by atoms with E-state index in [2.05, 4.69) is 10.1 Å². The summed E-state index contributed by atoms with van der Waals surface area (Å²) < 4.78 is 16.1. The highest BCUT2D eigenvalue weighted by atomic mass is 16.5. The van der Waals surface area contributed by atoms with Crippen molar-refractivity contribution in [3.63, 3.8) is 0 Å². The summed E-state index contributed by atoms with van der Waals surface area (Å²) in [5.74, 6) is 2.01. The van der Waals surface area contributed by atoms with E-state index in [0.29, 0.717) is 35.3 Å². The van der Waals surface area contributed by atoms with E-state index in [1.165, 1.54) is 5.56 Å². The van der Waals surface area contributed by atoms with Gasteiger partial charge in [-0.1, -0.05) is 35.0 Å². The molecule has 1 saturated heterocycles. The van der Waals surface area contributed by atoms with Crippen molar-refractivity contribution in [3.05, 3.63) is 59.5 Å². The molecular formula is C22H23N3O4. The van der Waals surface area contributed by atoms with Crippen LogP contribution in [0.1, 0.15) is 40.7 Å². The van der Waals surface area contributed by atoms with E-state index in [9.17, 15) is 4.79 Å². The van der Waals surface area contributed by atoms with Gasteiger partial charge < -0.3 is 18.9 Å². The van der Waals surface area contributed by atoms with Crippen LogP contribution in [0.25, 0.3) is 11.4 Å². The standard InChI is InChI=1S/C22H23N3O4/c1-14-6-8-15(9-7-14)20-23-21(29-24-20)17-5-4-12-25(17)22(26)16-10-11-18(27-2)19(13-16)28-3/h6-11,13,17H,4-5,12H2,1-3H3. The van der Waals surface area contributed by atoms with Gasteiger partial charge >= 0.3 is 0 Å². The molecule has 0 saturated carbocycles. The smallest absolute Gasteiger partial charge is 0.254 e. The van der Waals surface area contributed by atoms with Gasteiger partial charge in [0.15, 0.2) is 11.5 Å². The van der Waals surface area contributed by atoms with E-state index in [4.69, 9.17) is 14.0 Å². The highest BCUT2D eigenvalue weighted by Gasteiger charge is 2.35. The van der Waals surface area contributed by atoms with Gasteiger partial charge in [0.1, 0.15) is 6.04 Å². The summed E-state index contributed by atoms with van der Waals surface area (Å²) in [5.41, 5.74) is 2.59. The molecule has 1 aliphatic heterocycles. The fourth-order valence-electron chi connectivity index (χ4n) is 3.59. The highest BCUT2D eigenvalue weighted by molar-refractivity contribution is 5.95. The molecule has 1 fully saturated rings. The lowest BCUT2D eigenvalue weighted by Crippen LogP contribution is -2.30. The number of aryl methyl sites for hydroxylation is 1. The van der Waals surface area contributed by atoms with Crippen LogP contribution in [0.15, 0.2) is 47.0 Å². The second-order valence-corrected chi connectivity index (χ2v) is 7.05. The fraction of sp³-hybridized carbons (Fsp3) is 0.318. The van der Waals surface area contributed by atoms with E-state index in [1.54, 1.807) is 37.3 Å². The van der Waals surface area contributed by atoms with Gasteiger partial charge in [0, 0.05) is 17.7 Å². The summed E-state index contributed by atoms with van der Waals surface area (Å²) in [6.07, 6.45) is 1.67. The summed E-state index contributed by atoms with van der Waals surface area (Å²) in [5, 5.41) is 4.12. The van der Waals surface area contributed by atoms with Crippen molar-refractivity contribution in [2.75, 3.05) is 20.8 Å². The zero-order valence-corrected chi connectivity index (χ0v) is 16.7. The van der Waals surface area contributed by atoms with E-state index in [-0.39, 0.29) is 11.9 Å². The second kappa shape index (κ2) is 7.95. The largest absolute Gasteiger partial charge is 0.493 e. The van der Waals surface area contributed by atoms with Crippen molar-refractivity contribution in [3.8, 4) is 22.9 Å². The number of likely N-dealkylation sites (tertiary alicyclic amines) is 1. The molecule has 29 heavy (non-hydrogen) atoms. The van der Waals surface area contributed by atoms with Gasteiger partial charge in [-0.25, -0.2) is 0 Å². The number of benzene rings is 2. The number of hydrogen-bond acceptors (Lipinski definition) is 6.